The van der Waals surface area contributed by atoms with Gasteiger partial charge in [0.25, 0.3) is 11.6 Å². The molecule has 2 aliphatic heterocycles. The van der Waals surface area contributed by atoms with E-state index in [1.165, 1.54) is 12.1 Å². The van der Waals surface area contributed by atoms with E-state index in [2.05, 4.69) is 5.32 Å². The number of hydrogen-bond acceptors (Lipinski definition) is 7. The van der Waals surface area contributed by atoms with Crippen LogP contribution in [-0.4, -0.2) is 60.7 Å². The molecular formula is C17H19N3O8. The Labute approximate surface area is 159 Å². The number of non-ortho nitro benzene ring substituents is 1. The quantitative estimate of drug-likeness (QED) is 0.518. The fraction of sp³-hybridized carbons (Fsp3) is 0.471. The zero-order valence-electron chi connectivity index (χ0n) is 14.9. The van der Waals surface area contributed by atoms with Gasteiger partial charge in [-0.15, -0.1) is 0 Å². The van der Waals surface area contributed by atoms with E-state index in [4.69, 9.17) is 9.47 Å². The maximum absolute atomic E-state index is 12.4. The van der Waals surface area contributed by atoms with Crippen LogP contribution in [0.25, 0.3) is 0 Å². The number of carboxylic acids is 1. The fourth-order valence-corrected chi connectivity index (χ4v) is 3.17. The summed E-state index contributed by atoms with van der Waals surface area (Å²) in [6.07, 6.45) is 0.544. The van der Waals surface area contributed by atoms with Crippen LogP contribution < -0.4 is 15.0 Å². The average molecular weight is 393 g/mol. The smallest absolute Gasteiger partial charge is 0.311 e. The standard InChI is InChI=1S/C17H19N3O8/c21-14(18-10-17(16(23)24)3-5-27-6-4-17)8-19-12-7-11(20(25)26)1-2-13(12)28-9-15(19)22/h1-2,7H,3-6,8-10H2,(H,18,21)(H,23,24). The average Bonchev–Trinajstić information content (AvgIpc) is 2.68. The van der Waals surface area contributed by atoms with Crippen molar-refractivity contribution < 1.29 is 33.9 Å². The Morgan fingerprint density at radius 2 is 2.04 bits per heavy atom. The minimum absolute atomic E-state index is 0.0924. The Hall–Kier alpha value is -3.21. The fourth-order valence-electron chi connectivity index (χ4n) is 3.17. The van der Waals surface area contributed by atoms with Crippen molar-refractivity contribution in [2.24, 2.45) is 5.41 Å². The SMILES string of the molecule is O=C(CN1C(=O)COc2ccc([N+](=O)[O-])cc21)NCC1(C(=O)O)CCOCC1. The summed E-state index contributed by atoms with van der Waals surface area (Å²) in [7, 11) is 0. The third-order valence-corrected chi connectivity index (χ3v) is 4.93. The monoisotopic (exact) mass is 393 g/mol. The number of ether oxygens (including phenoxy) is 2. The maximum Gasteiger partial charge on any atom is 0.311 e. The molecule has 2 amide bonds. The molecule has 0 spiro atoms. The van der Waals surface area contributed by atoms with Gasteiger partial charge in [-0.25, -0.2) is 0 Å². The van der Waals surface area contributed by atoms with Crippen LogP contribution in [-0.2, 0) is 19.1 Å². The Morgan fingerprint density at radius 1 is 1.32 bits per heavy atom. The largest absolute Gasteiger partial charge is 0.482 e. The highest BCUT2D eigenvalue weighted by Gasteiger charge is 2.40. The number of hydrogen-bond donors (Lipinski definition) is 2. The van der Waals surface area contributed by atoms with Crippen molar-refractivity contribution in [3.63, 3.8) is 0 Å². The lowest BCUT2D eigenvalue weighted by Gasteiger charge is -2.33. The van der Waals surface area contributed by atoms with Gasteiger partial charge in [-0.05, 0) is 18.9 Å². The number of carbonyl (C=O) groups excluding carboxylic acids is 2. The molecule has 2 N–H and O–H groups in total. The lowest BCUT2D eigenvalue weighted by Crippen LogP contribution is -2.50. The van der Waals surface area contributed by atoms with Crippen LogP contribution in [0.3, 0.4) is 0 Å². The maximum atomic E-state index is 12.4. The molecule has 150 valence electrons. The normalized spacial score (nSPS) is 18.0. The van der Waals surface area contributed by atoms with Crippen molar-refractivity contribution >= 4 is 29.2 Å². The van der Waals surface area contributed by atoms with E-state index >= 15 is 0 Å². The summed E-state index contributed by atoms with van der Waals surface area (Å²) in [5, 5.41) is 23.1. The van der Waals surface area contributed by atoms with Gasteiger partial charge in [0.15, 0.2) is 6.61 Å². The minimum atomic E-state index is -1.11. The number of nitro benzene ring substituents is 1. The summed E-state index contributed by atoms with van der Waals surface area (Å²) in [6.45, 7) is -0.204. The van der Waals surface area contributed by atoms with E-state index in [0.717, 1.165) is 11.0 Å². The van der Waals surface area contributed by atoms with E-state index in [1.807, 2.05) is 0 Å². The number of benzene rings is 1. The number of nitrogens with one attached hydrogen (secondary N) is 1. The highest BCUT2D eigenvalue weighted by molar-refractivity contribution is 6.02. The van der Waals surface area contributed by atoms with E-state index in [-0.39, 0.29) is 43.1 Å². The number of nitro groups is 1. The van der Waals surface area contributed by atoms with Gasteiger partial charge in [0.1, 0.15) is 12.3 Å². The molecule has 1 fully saturated rings. The van der Waals surface area contributed by atoms with Gasteiger partial charge in [-0.1, -0.05) is 0 Å². The first kappa shape index (κ1) is 19.5. The second kappa shape index (κ2) is 7.80. The van der Waals surface area contributed by atoms with Crippen molar-refractivity contribution in [1.82, 2.24) is 5.32 Å². The number of anilines is 1. The van der Waals surface area contributed by atoms with Crippen molar-refractivity contribution in [2.45, 2.75) is 12.8 Å². The highest BCUT2D eigenvalue weighted by atomic mass is 16.6. The molecule has 0 radical (unpaired) electrons. The second-order valence-electron chi connectivity index (χ2n) is 6.65. The van der Waals surface area contributed by atoms with E-state index in [0.29, 0.717) is 13.2 Å². The number of fused-ring (bicyclic) bond motifs is 1. The first-order valence-corrected chi connectivity index (χ1v) is 8.62. The van der Waals surface area contributed by atoms with E-state index < -0.39 is 34.7 Å². The molecule has 1 aromatic rings. The number of rotatable bonds is 6. The van der Waals surface area contributed by atoms with Crippen molar-refractivity contribution in [3.05, 3.63) is 28.3 Å². The number of carboxylic acid groups (broad SMARTS) is 1. The summed E-state index contributed by atoms with van der Waals surface area (Å²) in [6, 6.07) is 3.78. The van der Waals surface area contributed by atoms with Crippen LogP contribution in [0.15, 0.2) is 18.2 Å². The molecule has 1 aromatic carbocycles. The molecule has 11 heteroatoms. The molecule has 0 bridgehead atoms. The summed E-state index contributed by atoms with van der Waals surface area (Å²) in [5.41, 5.74) is -1.23. The van der Waals surface area contributed by atoms with Gasteiger partial charge < -0.3 is 19.9 Å². The first-order chi connectivity index (χ1) is 13.3. The van der Waals surface area contributed by atoms with Gasteiger partial charge in [0.05, 0.1) is 16.0 Å². The van der Waals surface area contributed by atoms with Crippen LogP contribution in [0.4, 0.5) is 11.4 Å². The van der Waals surface area contributed by atoms with E-state index in [9.17, 15) is 29.6 Å². The molecule has 0 atom stereocenters. The Balaban J connectivity index is 1.72. The zero-order chi connectivity index (χ0) is 20.3. The van der Waals surface area contributed by atoms with Crippen molar-refractivity contribution in [3.8, 4) is 5.75 Å². The lowest BCUT2D eigenvalue weighted by atomic mass is 9.80. The summed E-state index contributed by atoms with van der Waals surface area (Å²) in [5.74, 6) is -1.86. The zero-order valence-corrected chi connectivity index (χ0v) is 14.9. The molecule has 1 saturated heterocycles. The third kappa shape index (κ3) is 3.88. The molecular weight excluding hydrogens is 374 g/mol. The van der Waals surface area contributed by atoms with Crippen LogP contribution in [0.1, 0.15) is 12.8 Å². The van der Waals surface area contributed by atoms with Crippen LogP contribution in [0.2, 0.25) is 0 Å². The number of aliphatic carboxylic acids is 1. The highest BCUT2D eigenvalue weighted by Crippen LogP contribution is 2.35. The predicted molar refractivity (Wildman–Crippen MR) is 94.1 cm³/mol. The van der Waals surface area contributed by atoms with E-state index in [1.54, 1.807) is 0 Å². The number of carbonyl (C=O) groups is 3. The van der Waals surface area contributed by atoms with Gasteiger partial charge >= 0.3 is 5.97 Å². The molecule has 0 aliphatic carbocycles. The molecule has 0 unspecified atom stereocenters. The summed E-state index contributed by atoms with van der Waals surface area (Å²) >= 11 is 0. The molecule has 0 aromatic heterocycles. The minimum Gasteiger partial charge on any atom is -0.482 e. The Bertz CT molecular complexity index is 819. The topological polar surface area (TPSA) is 148 Å². The van der Waals surface area contributed by atoms with Crippen molar-refractivity contribution in [2.75, 3.05) is 37.8 Å². The Kier molecular flexibility index (Phi) is 5.45. The van der Waals surface area contributed by atoms with Crippen LogP contribution in [0, 0.1) is 15.5 Å². The van der Waals surface area contributed by atoms with Crippen LogP contribution >= 0.6 is 0 Å². The third-order valence-electron chi connectivity index (χ3n) is 4.93. The van der Waals surface area contributed by atoms with Gasteiger partial charge in [0.2, 0.25) is 5.91 Å². The molecule has 2 aliphatic rings. The predicted octanol–water partition coefficient (Wildman–Crippen LogP) is 0.318. The lowest BCUT2D eigenvalue weighted by molar-refractivity contribution is -0.384. The number of amides is 2. The molecule has 0 saturated carbocycles. The van der Waals surface area contributed by atoms with Crippen LogP contribution in [0.5, 0.6) is 5.75 Å². The molecule has 28 heavy (non-hydrogen) atoms. The van der Waals surface area contributed by atoms with Gasteiger partial charge in [-0.3, -0.25) is 29.4 Å². The molecule has 2 heterocycles. The van der Waals surface area contributed by atoms with Crippen molar-refractivity contribution in [1.29, 1.82) is 0 Å². The summed E-state index contributed by atoms with van der Waals surface area (Å²) in [4.78, 5) is 47.7. The summed E-state index contributed by atoms with van der Waals surface area (Å²) < 4.78 is 10.4. The second-order valence-corrected chi connectivity index (χ2v) is 6.65. The van der Waals surface area contributed by atoms with Gasteiger partial charge in [0, 0.05) is 31.9 Å². The van der Waals surface area contributed by atoms with Gasteiger partial charge in [-0.2, -0.15) is 0 Å². The first-order valence-electron chi connectivity index (χ1n) is 8.62. The molecule has 3 rings (SSSR count). The molecule has 11 nitrogen and oxygen atoms in total. The Morgan fingerprint density at radius 3 is 2.68 bits per heavy atom. The number of nitrogens with zero attached hydrogens (tertiary/aromatic N) is 2.